The van der Waals surface area contributed by atoms with Crippen LogP contribution in [0.5, 0.6) is 0 Å². The zero-order valence-electron chi connectivity index (χ0n) is 12.5. The number of aromatic nitrogens is 3. The minimum atomic E-state index is 0.0546. The van der Waals surface area contributed by atoms with Crippen LogP contribution in [0.4, 0.5) is 0 Å². The molecule has 1 aromatic heterocycles. The first kappa shape index (κ1) is 14.9. The number of hydrogen-bond donors (Lipinski definition) is 2. The average molecular weight is 280 g/mol. The Balaban J connectivity index is 1.88. The minimum absolute atomic E-state index is 0.0546. The predicted octanol–water partition coefficient (Wildman–Crippen LogP) is -0.412. The van der Waals surface area contributed by atoms with E-state index in [2.05, 4.69) is 25.0 Å². The van der Waals surface area contributed by atoms with Gasteiger partial charge in [-0.2, -0.15) is 0 Å². The molecule has 7 heteroatoms. The van der Waals surface area contributed by atoms with Crippen LogP contribution in [0.2, 0.25) is 0 Å². The van der Waals surface area contributed by atoms with E-state index in [1.165, 1.54) is 0 Å². The van der Waals surface area contributed by atoms with E-state index in [1.54, 1.807) is 7.05 Å². The van der Waals surface area contributed by atoms with E-state index in [1.807, 2.05) is 14.1 Å². The molecule has 1 fully saturated rings. The maximum Gasteiger partial charge on any atom is 0.221 e. The highest BCUT2D eigenvalue weighted by atomic mass is 16.1. The fraction of sp³-hybridized carbons (Fsp3) is 0.769. The van der Waals surface area contributed by atoms with E-state index in [0.717, 1.165) is 24.5 Å². The van der Waals surface area contributed by atoms with E-state index in [9.17, 15) is 4.79 Å². The molecule has 0 spiro atoms. The number of nitrogens with two attached hydrogens (primary N) is 1. The monoisotopic (exact) mass is 280 g/mol. The molecule has 1 aliphatic carbocycles. The van der Waals surface area contributed by atoms with Gasteiger partial charge in [0, 0.05) is 39.0 Å². The number of hydrogen-bond acceptors (Lipinski definition) is 5. The molecule has 2 rings (SSSR count). The van der Waals surface area contributed by atoms with Gasteiger partial charge < -0.3 is 15.6 Å². The first-order valence-electron chi connectivity index (χ1n) is 7.04. The van der Waals surface area contributed by atoms with Crippen LogP contribution in [0.25, 0.3) is 0 Å². The number of amides is 1. The summed E-state index contributed by atoms with van der Waals surface area (Å²) < 4.78 is 2.06. The third-order valence-electron chi connectivity index (χ3n) is 3.95. The van der Waals surface area contributed by atoms with E-state index in [4.69, 9.17) is 5.73 Å². The van der Waals surface area contributed by atoms with Gasteiger partial charge in [0.2, 0.25) is 5.91 Å². The van der Waals surface area contributed by atoms with Crippen molar-refractivity contribution < 1.29 is 4.79 Å². The van der Waals surface area contributed by atoms with Gasteiger partial charge in [0.1, 0.15) is 11.6 Å². The summed E-state index contributed by atoms with van der Waals surface area (Å²) in [5.41, 5.74) is 5.82. The topological polar surface area (TPSA) is 89.1 Å². The van der Waals surface area contributed by atoms with Gasteiger partial charge in [-0.05, 0) is 19.9 Å². The van der Waals surface area contributed by atoms with Crippen molar-refractivity contribution >= 4 is 5.91 Å². The van der Waals surface area contributed by atoms with Gasteiger partial charge in [-0.3, -0.25) is 9.69 Å². The van der Waals surface area contributed by atoms with Gasteiger partial charge >= 0.3 is 0 Å². The molecule has 7 nitrogen and oxygen atoms in total. The Morgan fingerprint density at radius 2 is 2.20 bits per heavy atom. The quantitative estimate of drug-likeness (QED) is 0.739. The van der Waals surface area contributed by atoms with Gasteiger partial charge in [-0.15, -0.1) is 10.2 Å². The molecular weight excluding hydrogens is 256 g/mol. The molecule has 0 unspecified atom stereocenters. The Hall–Kier alpha value is -1.47. The first-order valence-corrected chi connectivity index (χ1v) is 7.04. The molecule has 0 radical (unpaired) electrons. The first-order chi connectivity index (χ1) is 9.51. The Morgan fingerprint density at radius 1 is 1.50 bits per heavy atom. The summed E-state index contributed by atoms with van der Waals surface area (Å²) in [6, 6.07) is 0.315. The summed E-state index contributed by atoms with van der Waals surface area (Å²) in [5, 5.41) is 11.2. The second kappa shape index (κ2) is 6.32. The van der Waals surface area contributed by atoms with Crippen LogP contribution in [-0.2, 0) is 18.4 Å². The zero-order valence-corrected chi connectivity index (χ0v) is 12.5. The fourth-order valence-corrected chi connectivity index (χ4v) is 2.48. The number of nitrogens with zero attached hydrogens (tertiary/aromatic N) is 4. The SMILES string of the molecule is CNC(=O)CCN(C)Cc1nnc(C2CC(N)C2)n1C. The highest BCUT2D eigenvalue weighted by molar-refractivity contribution is 5.75. The smallest absolute Gasteiger partial charge is 0.221 e. The standard InChI is InChI=1S/C13H24N6O/c1-15-12(20)4-5-18(2)8-11-16-17-13(19(11)3)9-6-10(14)7-9/h9-10H,4-8,14H2,1-3H3,(H,15,20). The van der Waals surface area contributed by atoms with E-state index in [0.29, 0.717) is 31.5 Å². The van der Waals surface area contributed by atoms with Gasteiger partial charge in [-0.1, -0.05) is 0 Å². The predicted molar refractivity (Wildman–Crippen MR) is 76.0 cm³/mol. The molecule has 0 aliphatic heterocycles. The van der Waals surface area contributed by atoms with E-state index >= 15 is 0 Å². The van der Waals surface area contributed by atoms with Crippen molar-refractivity contribution in [1.82, 2.24) is 25.0 Å². The van der Waals surface area contributed by atoms with E-state index < -0.39 is 0 Å². The third-order valence-corrected chi connectivity index (χ3v) is 3.95. The maximum absolute atomic E-state index is 11.2. The van der Waals surface area contributed by atoms with Crippen molar-refractivity contribution in [2.45, 2.75) is 37.8 Å². The molecule has 1 heterocycles. The number of carbonyl (C=O) groups is 1. The summed E-state index contributed by atoms with van der Waals surface area (Å²) in [7, 11) is 5.64. The number of rotatable bonds is 6. The normalized spacial score (nSPS) is 21.9. The minimum Gasteiger partial charge on any atom is -0.359 e. The van der Waals surface area contributed by atoms with Crippen LogP contribution in [0.1, 0.15) is 36.8 Å². The lowest BCUT2D eigenvalue weighted by molar-refractivity contribution is -0.120. The van der Waals surface area contributed by atoms with Crippen LogP contribution in [0, 0.1) is 0 Å². The Morgan fingerprint density at radius 3 is 2.80 bits per heavy atom. The average Bonchev–Trinajstić information content (AvgIpc) is 2.74. The maximum atomic E-state index is 11.2. The Bertz CT molecular complexity index is 465. The molecule has 0 bridgehead atoms. The second-order valence-electron chi connectivity index (χ2n) is 5.62. The highest BCUT2D eigenvalue weighted by Crippen LogP contribution is 2.34. The van der Waals surface area contributed by atoms with Crippen LogP contribution >= 0.6 is 0 Å². The van der Waals surface area contributed by atoms with Crippen LogP contribution in [-0.4, -0.2) is 52.3 Å². The molecule has 3 N–H and O–H groups in total. The van der Waals surface area contributed by atoms with E-state index in [-0.39, 0.29) is 5.91 Å². The van der Waals surface area contributed by atoms with Crippen molar-refractivity contribution in [2.24, 2.45) is 12.8 Å². The summed E-state index contributed by atoms with van der Waals surface area (Å²) in [5.74, 6) is 2.47. The zero-order chi connectivity index (χ0) is 14.7. The molecule has 1 amide bonds. The molecule has 1 saturated carbocycles. The lowest BCUT2D eigenvalue weighted by atomic mass is 9.80. The number of carbonyl (C=O) groups excluding carboxylic acids is 1. The molecule has 20 heavy (non-hydrogen) atoms. The molecular formula is C13H24N6O. The third kappa shape index (κ3) is 3.34. The van der Waals surface area contributed by atoms with Crippen molar-refractivity contribution in [3.05, 3.63) is 11.6 Å². The van der Waals surface area contributed by atoms with Crippen molar-refractivity contribution in [3.8, 4) is 0 Å². The molecule has 0 aromatic carbocycles. The largest absolute Gasteiger partial charge is 0.359 e. The van der Waals surface area contributed by atoms with Crippen LogP contribution in [0.15, 0.2) is 0 Å². The van der Waals surface area contributed by atoms with Gasteiger partial charge in [0.15, 0.2) is 0 Å². The highest BCUT2D eigenvalue weighted by Gasteiger charge is 2.31. The van der Waals surface area contributed by atoms with Crippen LogP contribution in [0.3, 0.4) is 0 Å². The fourth-order valence-electron chi connectivity index (χ4n) is 2.48. The molecule has 1 aromatic rings. The molecule has 112 valence electrons. The molecule has 1 aliphatic rings. The van der Waals surface area contributed by atoms with Gasteiger partial charge in [0.25, 0.3) is 0 Å². The Kier molecular flexibility index (Phi) is 4.72. The van der Waals surface area contributed by atoms with Gasteiger partial charge in [0.05, 0.1) is 6.54 Å². The molecule has 0 saturated heterocycles. The summed E-state index contributed by atoms with van der Waals surface area (Å²) in [4.78, 5) is 13.3. The second-order valence-corrected chi connectivity index (χ2v) is 5.62. The van der Waals surface area contributed by atoms with Crippen molar-refractivity contribution in [2.75, 3.05) is 20.6 Å². The summed E-state index contributed by atoms with van der Waals surface area (Å²) in [6.07, 6.45) is 2.49. The summed E-state index contributed by atoms with van der Waals surface area (Å²) in [6.45, 7) is 1.40. The number of nitrogens with one attached hydrogen (secondary N) is 1. The lowest BCUT2D eigenvalue weighted by Crippen LogP contribution is -2.36. The van der Waals surface area contributed by atoms with Crippen molar-refractivity contribution in [1.29, 1.82) is 0 Å². The van der Waals surface area contributed by atoms with Crippen molar-refractivity contribution in [3.63, 3.8) is 0 Å². The lowest BCUT2D eigenvalue weighted by Gasteiger charge is -2.31. The van der Waals surface area contributed by atoms with Crippen LogP contribution < -0.4 is 11.1 Å². The Labute approximate surface area is 119 Å². The summed E-state index contributed by atoms with van der Waals surface area (Å²) >= 11 is 0. The van der Waals surface area contributed by atoms with Gasteiger partial charge in [-0.25, -0.2) is 0 Å². The molecule has 0 atom stereocenters.